The van der Waals surface area contributed by atoms with Gasteiger partial charge in [-0.1, -0.05) is 6.92 Å². The van der Waals surface area contributed by atoms with E-state index in [0.717, 1.165) is 77.7 Å². The topological polar surface area (TPSA) is 95.7 Å². The minimum absolute atomic E-state index is 0.135. The van der Waals surface area contributed by atoms with E-state index in [1.165, 1.54) is 10.7 Å². The lowest BCUT2D eigenvalue weighted by Crippen LogP contribution is -2.37. The number of rotatable bonds is 10. The van der Waals surface area contributed by atoms with E-state index < -0.39 is 0 Å². The second-order valence-corrected chi connectivity index (χ2v) is 12.6. The van der Waals surface area contributed by atoms with Gasteiger partial charge in [0.15, 0.2) is 0 Å². The number of hydrogen-bond donors (Lipinski definition) is 3. The van der Waals surface area contributed by atoms with E-state index in [9.17, 15) is 9.59 Å². The Morgan fingerprint density at radius 2 is 1.56 bits per heavy atom. The first-order chi connectivity index (χ1) is 21.9. The molecular weight excluding hydrogens is 588 g/mol. The number of likely N-dealkylation sites (N-methyl/N-ethyl adjacent to an activating group) is 2. The van der Waals surface area contributed by atoms with Crippen molar-refractivity contribution >= 4 is 40.9 Å². The Morgan fingerprint density at radius 1 is 0.867 bits per heavy atom. The predicted molar refractivity (Wildman–Crippen MR) is 183 cm³/mol. The minimum atomic E-state index is -0.347. The number of anilines is 3. The van der Waals surface area contributed by atoms with Crippen molar-refractivity contribution < 1.29 is 14.3 Å². The fraction of sp³-hybridized carbons (Fsp3) is 0.455. The van der Waals surface area contributed by atoms with Gasteiger partial charge in [-0.3, -0.25) is 9.10 Å². The molecule has 11 nitrogen and oxygen atoms in total. The number of benzene rings is 2. The van der Waals surface area contributed by atoms with Gasteiger partial charge in [0.1, 0.15) is 0 Å². The summed E-state index contributed by atoms with van der Waals surface area (Å²) in [6, 6.07) is 14.4. The number of amides is 3. The predicted octanol–water partition coefficient (Wildman–Crippen LogP) is 4.13. The summed E-state index contributed by atoms with van der Waals surface area (Å²) in [7, 11) is 3.92. The van der Waals surface area contributed by atoms with Crippen LogP contribution < -0.4 is 20.3 Å². The number of morpholine rings is 1. The van der Waals surface area contributed by atoms with Crippen LogP contribution >= 0.6 is 11.9 Å². The average Bonchev–Trinajstić information content (AvgIpc) is 3.31. The molecule has 0 radical (unpaired) electrons. The number of urea groups is 1. The molecule has 5 rings (SSSR count). The fourth-order valence-corrected chi connectivity index (χ4v) is 6.46. The smallest absolute Gasteiger partial charge is 0.323 e. The molecule has 2 aromatic carbocycles. The minimum Gasteiger partial charge on any atom is -0.378 e. The van der Waals surface area contributed by atoms with Gasteiger partial charge in [0, 0.05) is 80.9 Å². The molecule has 2 saturated heterocycles. The highest BCUT2D eigenvalue weighted by Gasteiger charge is 2.25. The first-order valence-electron chi connectivity index (χ1n) is 15.8. The molecule has 0 spiro atoms. The number of nitrogens with zero attached hydrogens (tertiary/aromatic N) is 5. The molecule has 2 aromatic rings. The van der Waals surface area contributed by atoms with E-state index in [2.05, 4.69) is 54.2 Å². The van der Waals surface area contributed by atoms with Gasteiger partial charge in [0.05, 0.1) is 29.6 Å². The van der Waals surface area contributed by atoms with Crippen molar-refractivity contribution in [3.8, 4) is 0 Å². The first-order valence-corrected chi connectivity index (χ1v) is 16.6. The normalized spacial score (nSPS) is 17.8. The van der Waals surface area contributed by atoms with Crippen molar-refractivity contribution in [2.75, 3.05) is 101 Å². The molecule has 3 aliphatic rings. The fourth-order valence-electron chi connectivity index (χ4n) is 5.40. The van der Waals surface area contributed by atoms with Crippen LogP contribution in [0.25, 0.3) is 0 Å². The molecule has 0 atom stereocenters. The highest BCUT2D eigenvalue weighted by atomic mass is 32.2. The van der Waals surface area contributed by atoms with Crippen LogP contribution in [0.1, 0.15) is 23.7 Å². The maximum Gasteiger partial charge on any atom is 0.323 e. The lowest BCUT2D eigenvalue weighted by Gasteiger charge is -2.37. The van der Waals surface area contributed by atoms with Crippen LogP contribution in [-0.4, -0.2) is 118 Å². The zero-order chi connectivity index (χ0) is 31.6. The summed E-state index contributed by atoms with van der Waals surface area (Å²) in [5.41, 5.74) is 4.11. The molecule has 3 aliphatic heterocycles. The van der Waals surface area contributed by atoms with Gasteiger partial charge < -0.3 is 40.3 Å². The number of hydrogen-bond acceptors (Lipinski definition) is 9. The van der Waals surface area contributed by atoms with Crippen molar-refractivity contribution in [2.24, 2.45) is 0 Å². The molecule has 3 N–H and O–H groups in total. The van der Waals surface area contributed by atoms with Gasteiger partial charge in [-0.05, 0) is 88.2 Å². The first kappa shape index (κ1) is 32.7. The lowest BCUT2D eigenvalue weighted by molar-refractivity contribution is 0.0575. The molecule has 0 bridgehead atoms. The van der Waals surface area contributed by atoms with Gasteiger partial charge in [0.2, 0.25) is 0 Å². The highest BCUT2D eigenvalue weighted by molar-refractivity contribution is 8.04. The van der Waals surface area contributed by atoms with E-state index >= 15 is 0 Å². The summed E-state index contributed by atoms with van der Waals surface area (Å²) < 4.78 is 7.85. The second kappa shape index (κ2) is 16.0. The Morgan fingerprint density at radius 3 is 2.22 bits per heavy atom. The molecule has 0 saturated carbocycles. The van der Waals surface area contributed by atoms with E-state index in [1.807, 2.05) is 43.3 Å². The molecule has 12 heteroatoms. The summed E-state index contributed by atoms with van der Waals surface area (Å²) in [6.07, 6.45) is 5.72. The number of allylic oxidation sites excluding steroid dienone is 1. The zero-order valence-electron chi connectivity index (χ0n) is 26.6. The van der Waals surface area contributed by atoms with Gasteiger partial charge >= 0.3 is 6.03 Å². The van der Waals surface area contributed by atoms with Crippen LogP contribution in [0.3, 0.4) is 0 Å². The molecular formula is C33H46N8O3S. The standard InChI is InChI=1S/C33H46N8O3S/c1-4-38-15-5-16-39(19-18-38)30-24-31(40-20-22-44-23-21-40)45-41(25-30)29-12-10-28(11-13-29)36-33(43)35-27-8-6-26(7-9-27)32(42)34-14-17-37(2)3/h6-13,24-25H,4-5,14-23H2,1-3H3,(H,34,42)(H2,35,36,43). The summed E-state index contributed by atoms with van der Waals surface area (Å²) in [5, 5.41) is 9.88. The Balaban J connectivity index is 1.20. The lowest BCUT2D eigenvalue weighted by atomic mass is 10.2. The number of ether oxygens (including phenoxy) is 1. The van der Waals surface area contributed by atoms with Crippen molar-refractivity contribution in [1.82, 2.24) is 24.9 Å². The Kier molecular flexibility index (Phi) is 11.6. The van der Waals surface area contributed by atoms with Crippen LogP contribution in [0.15, 0.2) is 71.5 Å². The summed E-state index contributed by atoms with van der Waals surface area (Å²) in [4.78, 5) is 34.5. The second-order valence-electron chi connectivity index (χ2n) is 11.6. The third-order valence-corrected chi connectivity index (χ3v) is 9.14. The van der Waals surface area contributed by atoms with Crippen molar-refractivity contribution in [3.05, 3.63) is 77.1 Å². The van der Waals surface area contributed by atoms with Crippen LogP contribution in [0.4, 0.5) is 21.9 Å². The van der Waals surface area contributed by atoms with Gasteiger partial charge in [-0.2, -0.15) is 0 Å². The molecule has 0 unspecified atom stereocenters. The van der Waals surface area contributed by atoms with Crippen LogP contribution in [0.2, 0.25) is 0 Å². The van der Waals surface area contributed by atoms with Gasteiger partial charge in [-0.25, -0.2) is 4.79 Å². The third-order valence-electron chi connectivity index (χ3n) is 8.07. The van der Waals surface area contributed by atoms with Crippen molar-refractivity contribution in [2.45, 2.75) is 13.3 Å². The third kappa shape index (κ3) is 9.40. The van der Waals surface area contributed by atoms with E-state index in [-0.39, 0.29) is 11.9 Å². The van der Waals surface area contributed by atoms with E-state index in [4.69, 9.17) is 4.74 Å². The van der Waals surface area contributed by atoms with Crippen molar-refractivity contribution in [1.29, 1.82) is 0 Å². The van der Waals surface area contributed by atoms with E-state index in [1.54, 1.807) is 36.2 Å². The molecule has 3 amide bonds. The summed E-state index contributed by atoms with van der Waals surface area (Å²) in [5.74, 6) is -0.135. The maximum absolute atomic E-state index is 12.7. The molecule has 0 aromatic heterocycles. The Hall–Kier alpha value is -3.71. The monoisotopic (exact) mass is 634 g/mol. The van der Waals surface area contributed by atoms with Crippen LogP contribution in [-0.2, 0) is 4.74 Å². The number of carbonyl (C=O) groups is 2. The van der Waals surface area contributed by atoms with Gasteiger partial charge in [-0.15, -0.1) is 0 Å². The van der Waals surface area contributed by atoms with E-state index in [0.29, 0.717) is 23.5 Å². The highest BCUT2D eigenvalue weighted by Crippen LogP contribution is 2.37. The summed E-state index contributed by atoms with van der Waals surface area (Å²) in [6.45, 7) is 12.2. The summed E-state index contributed by atoms with van der Waals surface area (Å²) >= 11 is 1.72. The van der Waals surface area contributed by atoms with Crippen LogP contribution in [0.5, 0.6) is 0 Å². The van der Waals surface area contributed by atoms with Gasteiger partial charge in [0.25, 0.3) is 5.91 Å². The largest absolute Gasteiger partial charge is 0.378 e. The molecule has 2 fully saturated rings. The number of nitrogens with one attached hydrogen (secondary N) is 3. The maximum atomic E-state index is 12.7. The molecule has 45 heavy (non-hydrogen) atoms. The Labute approximate surface area is 271 Å². The number of carbonyl (C=O) groups excluding carboxylic acids is 2. The Bertz CT molecular complexity index is 1340. The zero-order valence-corrected chi connectivity index (χ0v) is 27.4. The molecule has 3 heterocycles. The SMILES string of the molecule is CCN1CCCN(C2=CN(c3ccc(NC(=O)Nc4ccc(C(=O)NCCN(C)C)cc4)cc3)SC(N3CCOCC3)=C2)CC1. The van der Waals surface area contributed by atoms with Crippen molar-refractivity contribution in [3.63, 3.8) is 0 Å². The van der Waals surface area contributed by atoms with Crippen LogP contribution in [0, 0.1) is 0 Å². The molecule has 0 aliphatic carbocycles. The quantitative estimate of drug-likeness (QED) is 0.334. The average molecular weight is 635 g/mol. The molecule has 242 valence electrons.